The van der Waals surface area contributed by atoms with Gasteiger partial charge in [0, 0.05) is 5.41 Å². The van der Waals surface area contributed by atoms with Crippen molar-refractivity contribution in [3.63, 3.8) is 0 Å². The van der Waals surface area contributed by atoms with E-state index in [-0.39, 0.29) is 0 Å². The highest BCUT2D eigenvalue weighted by Crippen LogP contribution is 2.43. The van der Waals surface area contributed by atoms with E-state index in [4.69, 9.17) is 4.74 Å². The monoisotopic (exact) mass is 138 g/mol. The Labute approximate surface area is 62.1 Å². The molecule has 0 unspecified atom stereocenters. The number of allylic oxidation sites excluding steroid dienone is 1. The van der Waals surface area contributed by atoms with Crippen LogP contribution >= 0.6 is 0 Å². The molecule has 2 fully saturated rings. The maximum atomic E-state index is 5.22. The molecule has 1 heteroatoms. The molecule has 0 radical (unpaired) electrons. The molecule has 56 valence electrons. The first kappa shape index (κ1) is 6.41. The molecule has 0 bridgehead atoms. The summed E-state index contributed by atoms with van der Waals surface area (Å²) in [7, 11) is 0. The van der Waals surface area contributed by atoms with Crippen LogP contribution in [0.2, 0.25) is 0 Å². The van der Waals surface area contributed by atoms with E-state index in [1.54, 1.807) is 0 Å². The van der Waals surface area contributed by atoms with E-state index in [2.05, 4.69) is 6.58 Å². The van der Waals surface area contributed by atoms with E-state index < -0.39 is 0 Å². The van der Waals surface area contributed by atoms with E-state index in [0.29, 0.717) is 5.41 Å². The fourth-order valence-corrected chi connectivity index (χ4v) is 2.06. The SMILES string of the molecule is C=C1CCCC2(COC2)C1. The van der Waals surface area contributed by atoms with Gasteiger partial charge in [-0.15, -0.1) is 0 Å². The molecule has 0 amide bonds. The fourth-order valence-electron chi connectivity index (χ4n) is 2.06. The van der Waals surface area contributed by atoms with Gasteiger partial charge in [0.05, 0.1) is 13.2 Å². The lowest BCUT2D eigenvalue weighted by molar-refractivity contribution is -0.122. The summed E-state index contributed by atoms with van der Waals surface area (Å²) in [5, 5.41) is 0. The lowest BCUT2D eigenvalue weighted by Crippen LogP contribution is -2.44. The quantitative estimate of drug-likeness (QED) is 0.466. The molecule has 1 heterocycles. The molecule has 0 aromatic carbocycles. The van der Waals surface area contributed by atoms with Crippen molar-refractivity contribution in [2.45, 2.75) is 25.7 Å². The minimum atomic E-state index is 0.551. The van der Waals surface area contributed by atoms with Crippen LogP contribution in [0.25, 0.3) is 0 Å². The van der Waals surface area contributed by atoms with Gasteiger partial charge in [-0.05, 0) is 25.7 Å². The summed E-state index contributed by atoms with van der Waals surface area (Å²) >= 11 is 0. The molecule has 1 spiro atoms. The Hall–Kier alpha value is -0.300. The van der Waals surface area contributed by atoms with Crippen LogP contribution in [0.5, 0.6) is 0 Å². The highest BCUT2D eigenvalue weighted by Gasteiger charge is 2.40. The first-order chi connectivity index (χ1) is 4.81. The molecule has 1 saturated heterocycles. The molecule has 1 saturated carbocycles. The third kappa shape index (κ3) is 0.891. The molecule has 1 aliphatic heterocycles. The fraction of sp³-hybridized carbons (Fsp3) is 0.778. The minimum Gasteiger partial charge on any atom is -0.380 e. The van der Waals surface area contributed by atoms with Gasteiger partial charge in [-0.1, -0.05) is 12.2 Å². The molecule has 2 rings (SSSR count). The smallest absolute Gasteiger partial charge is 0.0547 e. The predicted octanol–water partition coefficient (Wildman–Crippen LogP) is 2.13. The van der Waals surface area contributed by atoms with Gasteiger partial charge in [0.25, 0.3) is 0 Å². The van der Waals surface area contributed by atoms with Gasteiger partial charge in [0.15, 0.2) is 0 Å². The number of hydrogen-bond acceptors (Lipinski definition) is 1. The van der Waals surface area contributed by atoms with Gasteiger partial charge in [-0.3, -0.25) is 0 Å². The molecule has 0 N–H and O–H groups in total. The van der Waals surface area contributed by atoms with Crippen LogP contribution in [0.4, 0.5) is 0 Å². The lowest BCUT2D eigenvalue weighted by atomic mass is 9.71. The van der Waals surface area contributed by atoms with Crippen molar-refractivity contribution in [3.05, 3.63) is 12.2 Å². The van der Waals surface area contributed by atoms with Crippen LogP contribution in [0.1, 0.15) is 25.7 Å². The van der Waals surface area contributed by atoms with Crippen molar-refractivity contribution >= 4 is 0 Å². The summed E-state index contributed by atoms with van der Waals surface area (Å²) in [6.45, 7) is 6.02. The van der Waals surface area contributed by atoms with Crippen LogP contribution in [0.15, 0.2) is 12.2 Å². The molecule has 1 aliphatic carbocycles. The zero-order valence-corrected chi connectivity index (χ0v) is 6.36. The molecule has 0 atom stereocenters. The average Bonchev–Trinajstić information content (AvgIpc) is 1.85. The zero-order chi connectivity index (χ0) is 7.03. The van der Waals surface area contributed by atoms with Gasteiger partial charge in [-0.2, -0.15) is 0 Å². The summed E-state index contributed by atoms with van der Waals surface area (Å²) in [5.74, 6) is 0. The summed E-state index contributed by atoms with van der Waals surface area (Å²) in [6.07, 6.45) is 5.18. The van der Waals surface area contributed by atoms with E-state index in [9.17, 15) is 0 Å². The largest absolute Gasteiger partial charge is 0.380 e. The lowest BCUT2D eigenvalue weighted by Gasteiger charge is -2.44. The second kappa shape index (κ2) is 2.09. The number of rotatable bonds is 0. The highest BCUT2D eigenvalue weighted by atomic mass is 16.5. The predicted molar refractivity (Wildman–Crippen MR) is 40.9 cm³/mol. The van der Waals surface area contributed by atoms with E-state index in [0.717, 1.165) is 13.2 Å². The summed E-state index contributed by atoms with van der Waals surface area (Å²) < 4.78 is 5.22. The van der Waals surface area contributed by atoms with Crippen molar-refractivity contribution in [2.75, 3.05) is 13.2 Å². The normalized spacial score (nSPS) is 30.2. The Kier molecular flexibility index (Phi) is 1.34. The van der Waals surface area contributed by atoms with Crippen LogP contribution in [-0.4, -0.2) is 13.2 Å². The van der Waals surface area contributed by atoms with Gasteiger partial charge < -0.3 is 4.74 Å². The third-order valence-electron chi connectivity index (χ3n) is 2.68. The average molecular weight is 138 g/mol. The Morgan fingerprint density at radius 1 is 1.40 bits per heavy atom. The summed E-state index contributed by atoms with van der Waals surface area (Å²) in [5.41, 5.74) is 1.99. The molecule has 10 heavy (non-hydrogen) atoms. The van der Waals surface area contributed by atoms with Crippen molar-refractivity contribution in [1.82, 2.24) is 0 Å². The van der Waals surface area contributed by atoms with Crippen LogP contribution in [0.3, 0.4) is 0 Å². The van der Waals surface area contributed by atoms with Crippen LogP contribution < -0.4 is 0 Å². The van der Waals surface area contributed by atoms with Gasteiger partial charge >= 0.3 is 0 Å². The van der Waals surface area contributed by atoms with Crippen LogP contribution in [-0.2, 0) is 4.74 Å². The highest BCUT2D eigenvalue weighted by molar-refractivity contribution is 5.06. The molecule has 0 aromatic heterocycles. The Morgan fingerprint density at radius 3 is 2.60 bits per heavy atom. The second-order valence-electron chi connectivity index (χ2n) is 3.77. The standard InChI is InChI=1S/C9H14O/c1-8-3-2-4-9(5-8)6-10-7-9/h1-7H2. The maximum absolute atomic E-state index is 5.22. The van der Waals surface area contributed by atoms with Gasteiger partial charge in [-0.25, -0.2) is 0 Å². The zero-order valence-electron chi connectivity index (χ0n) is 6.36. The molecule has 0 aromatic rings. The van der Waals surface area contributed by atoms with Crippen molar-refractivity contribution in [1.29, 1.82) is 0 Å². The van der Waals surface area contributed by atoms with E-state index >= 15 is 0 Å². The Morgan fingerprint density at radius 2 is 2.20 bits per heavy atom. The van der Waals surface area contributed by atoms with Gasteiger partial charge in [0.1, 0.15) is 0 Å². The van der Waals surface area contributed by atoms with Crippen molar-refractivity contribution in [3.8, 4) is 0 Å². The molecular weight excluding hydrogens is 124 g/mol. The maximum Gasteiger partial charge on any atom is 0.0547 e. The minimum absolute atomic E-state index is 0.551. The topological polar surface area (TPSA) is 9.23 Å². The first-order valence-corrected chi connectivity index (χ1v) is 4.05. The molecular formula is C9H14O. The Balaban J connectivity index is 2.02. The van der Waals surface area contributed by atoms with E-state index in [1.807, 2.05) is 0 Å². The Bertz CT molecular complexity index is 156. The first-order valence-electron chi connectivity index (χ1n) is 4.05. The van der Waals surface area contributed by atoms with E-state index in [1.165, 1.54) is 31.3 Å². The van der Waals surface area contributed by atoms with Gasteiger partial charge in [0.2, 0.25) is 0 Å². The second-order valence-corrected chi connectivity index (χ2v) is 3.77. The molecule has 2 aliphatic rings. The van der Waals surface area contributed by atoms with Crippen molar-refractivity contribution in [2.24, 2.45) is 5.41 Å². The molecule has 1 nitrogen and oxygen atoms in total. The van der Waals surface area contributed by atoms with Crippen molar-refractivity contribution < 1.29 is 4.74 Å². The third-order valence-corrected chi connectivity index (χ3v) is 2.68. The number of ether oxygens (including phenoxy) is 1. The summed E-state index contributed by atoms with van der Waals surface area (Å²) in [4.78, 5) is 0. The summed E-state index contributed by atoms with van der Waals surface area (Å²) in [6, 6.07) is 0. The van der Waals surface area contributed by atoms with Crippen LogP contribution in [0, 0.1) is 5.41 Å². The number of hydrogen-bond donors (Lipinski definition) is 0.